The van der Waals surface area contributed by atoms with E-state index in [2.05, 4.69) is 4.98 Å². The van der Waals surface area contributed by atoms with Crippen molar-refractivity contribution in [3.8, 4) is 0 Å². The monoisotopic (exact) mass is 361 g/mol. The van der Waals surface area contributed by atoms with E-state index < -0.39 is 11.2 Å². The normalized spacial score (nSPS) is 12.5. The van der Waals surface area contributed by atoms with Gasteiger partial charge in [-0.15, -0.1) is 11.3 Å². The second-order valence-electron chi connectivity index (χ2n) is 5.96. The Morgan fingerprint density at radius 3 is 2.72 bits per heavy atom. The molecule has 1 atom stereocenters. The van der Waals surface area contributed by atoms with Crippen molar-refractivity contribution in [1.82, 2.24) is 23.6 Å². The van der Waals surface area contributed by atoms with Gasteiger partial charge in [0.2, 0.25) is 5.91 Å². The van der Waals surface area contributed by atoms with Crippen LogP contribution in [-0.2, 0) is 25.4 Å². The van der Waals surface area contributed by atoms with Crippen molar-refractivity contribution in [2.75, 3.05) is 7.05 Å². The number of imidazole rings is 1. The van der Waals surface area contributed by atoms with E-state index in [0.717, 1.165) is 9.44 Å². The minimum absolute atomic E-state index is 0.132. The van der Waals surface area contributed by atoms with Gasteiger partial charge in [-0.3, -0.25) is 14.2 Å². The van der Waals surface area contributed by atoms with Crippen molar-refractivity contribution in [1.29, 1.82) is 0 Å². The summed E-state index contributed by atoms with van der Waals surface area (Å²) in [6, 6.07) is 3.74. The van der Waals surface area contributed by atoms with E-state index in [1.807, 2.05) is 24.4 Å². The molecule has 0 aliphatic heterocycles. The predicted molar refractivity (Wildman–Crippen MR) is 95.7 cm³/mol. The van der Waals surface area contributed by atoms with Gasteiger partial charge in [-0.1, -0.05) is 6.07 Å². The number of thiophene rings is 1. The van der Waals surface area contributed by atoms with Gasteiger partial charge >= 0.3 is 5.69 Å². The molecule has 0 radical (unpaired) electrons. The lowest BCUT2D eigenvalue weighted by Gasteiger charge is -2.24. The number of likely N-dealkylation sites (N-methyl/N-ethyl adjacent to an activating group) is 1. The molecule has 0 aliphatic carbocycles. The average molecular weight is 361 g/mol. The summed E-state index contributed by atoms with van der Waals surface area (Å²) in [5.74, 6) is -0.304. The first-order valence-corrected chi connectivity index (χ1v) is 8.60. The van der Waals surface area contributed by atoms with Gasteiger partial charge in [-0.05, 0) is 18.4 Å². The van der Waals surface area contributed by atoms with Gasteiger partial charge in [0.25, 0.3) is 5.56 Å². The number of amides is 1. The average Bonchev–Trinajstić information content (AvgIpc) is 3.25. The molecule has 1 unspecified atom stereocenters. The highest BCUT2D eigenvalue weighted by Gasteiger charge is 2.22. The third kappa shape index (κ3) is 2.80. The van der Waals surface area contributed by atoms with E-state index in [9.17, 15) is 14.4 Å². The van der Waals surface area contributed by atoms with Gasteiger partial charge in [0.05, 0.1) is 12.4 Å². The fourth-order valence-corrected chi connectivity index (χ4v) is 3.54. The molecule has 0 saturated carbocycles. The molecule has 3 aromatic rings. The summed E-state index contributed by atoms with van der Waals surface area (Å²) in [4.78, 5) is 44.4. The number of carbonyl (C=O) groups excluding carboxylic acids is 1. The molecule has 3 aromatic heterocycles. The van der Waals surface area contributed by atoms with Gasteiger partial charge in [-0.25, -0.2) is 14.3 Å². The minimum atomic E-state index is -0.554. The van der Waals surface area contributed by atoms with Gasteiger partial charge in [0.15, 0.2) is 11.2 Å². The third-order valence-corrected chi connectivity index (χ3v) is 5.47. The summed E-state index contributed by atoms with van der Waals surface area (Å²) >= 11 is 1.56. The van der Waals surface area contributed by atoms with Gasteiger partial charge in [0.1, 0.15) is 6.54 Å². The molecule has 25 heavy (non-hydrogen) atoms. The predicted octanol–water partition coefficient (Wildman–Crippen LogP) is 0.715. The van der Waals surface area contributed by atoms with Crippen LogP contribution in [0.4, 0.5) is 0 Å². The topological polar surface area (TPSA) is 82.1 Å². The summed E-state index contributed by atoms with van der Waals surface area (Å²) in [6.07, 6.45) is 1.47. The molecule has 0 aliphatic rings. The summed E-state index contributed by atoms with van der Waals surface area (Å²) in [7, 11) is 4.89. The number of hydrogen-bond donors (Lipinski definition) is 0. The first-order chi connectivity index (χ1) is 11.8. The lowest BCUT2D eigenvalue weighted by atomic mass is 10.2. The Balaban J connectivity index is 1.98. The van der Waals surface area contributed by atoms with Crippen molar-refractivity contribution >= 4 is 28.4 Å². The Bertz CT molecular complexity index is 1040. The van der Waals surface area contributed by atoms with Crippen molar-refractivity contribution in [3.05, 3.63) is 49.6 Å². The zero-order chi connectivity index (χ0) is 18.3. The van der Waals surface area contributed by atoms with E-state index in [1.165, 1.54) is 17.9 Å². The van der Waals surface area contributed by atoms with Crippen LogP contribution in [0.1, 0.15) is 17.8 Å². The zero-order valence-electron chi connectivity index (χ0n) is 14.5. The quantitative estimate of drug-likeness (QED) is 0.685. The van der Waals surface area contributed by atoms with Crippen LogP contribution in [0, 0.1) is 0 Å². The molecule has 1 amide bonds. The van der Waals surface area contributed by atoms with Gasteiger partial charge < -0.3 is 9.47 Å². The largest absolute Gasteiger partial charge is 0.337 e. The van der Waals surface area contributed by atoms with E-state index in [0.29, 0.717) is 11.2 Å². The van der Waals surface area contributed by atoms with Crippen LogP contribution in [0.15, 0.2) is 33.4 Å². The first kappa shape index (κ1) is 17.2. The summed E-state index contributed by atoms with van der Waals surface area (Å²) in [6.45, 7) is 1.60. The highest BCUT2D eigenvalue weighted by molar-refractivity contribution is 7.10. The second-order valence-corrected chi connectivity index (χ2v) is 6.94. The van der Waals surface area contributed by atoms with Crippen LogP contribution in [0.5, 0.6) is 0 Å². The molecule has 0 N–H and O–H groups in total. The maximum atomic E-state index is 12.7. The molecule has 132 valence electrons. The molecule has 0 aromatic carbocycles. The number of nitrogens with zero attached hydrogens (tertiary/aromatic N) is 5. The highest BCUT2D eigenvalue weighted by Crippen LogP contribution is 2.23. The summed E-state index contributed by atoms with van der Waals surface area (Å²) in [5, 5.41) is 1.95. The fourth-order valence-electron chi connectivity index (χ4n) is 2.72. The number of fused-ring (bicyclic) bond motifs is 1. The van der Waals surface area contributed by atoms with Crippen molar-refractivity contribution in [2.45, 2.75) is 19.5 Å². The maximum Gasteiger partial charge on any atom is 0.332 e. The minimum Gasteiger partial charge on any atom is -0.337 e. The van der Waals surface area contributed by atoms with Crippen LogP contribution in [-0.4, -0.2) is 36.5 Å². The van der Waals surface area contributed by atoms with Crippen LogP contribution < -0.4 is 11.2 Å². The lowest BCUT2D eigenvalue weighted by Crippen LogP contribution is -2.44. The Morgan fingerprint density at radius 1 is 1.36 bits per heavy atom. The van der Waals surface area contributed by atoms with E-state index in [1.54, 1.807) is 34.9 Å². The van der Waals surface area contributed by atoms with Crippen molar-refractivity contribution < 1.29 is 4.79 Å². The number of hydrogen-bond acceptors (Lipinski definition) is 5. The molecular formula is C16H19N5O3S. The van der Waals surface area contributed by atoms with E-state index in [-0.39, 0.29) is 18.5 Å². The number of rotatable bonds is 4. The number of carbonyl (C=O) groups is 1. The molecule has 0 saturated heterocycles. The Hall–Kier alpha value is -2.68. The maximum absolute atomic E-state index is 12.7. The first-order valence-electron chi connectivity index (χ1n) is 7.72. The van der Waals surface area contributed by atoms with Gasteiger partial charge in [-0.2, -0.15) is 0 Å². The molecule has 3 rings (SSSR count). The molecule has 9 heteroatoms. The fraction of sp³-hybridized carbons (Fsp3) is 0.375. The Labute approximate surface area is 147 Å². The lowest BCUT2D eigenvalue weighted by molar-refractivity contribution is -0.132. The van der Waals surface area contributed by atoms with E-state index in [4.69, 9.17) is 0 Å². The molecule has 3 heterocycles. The van der Waals surface area contributed by atoms with Crippen LogP contribution >= 0.6 is 11.3 Å². The van der Waals surface area contributed by atoms with Crippen LogP contribution in [0.25, 0.3) is 11.2 Å². The standard InChI is InChI=1S/C16H19N5O3S/c1-10(11-6-5-7-25-11)19(3)12(22)8-21-15(23)13-14(17-9-18(13)2)20(4)16(21)24/h5-7,9-10H,8H2,1-4H3. The molecule has 0 fully saturated rings. The summed E-state index contributed by atoms with van der Waals surface area (Å²) < 4.78 is 3.80. The molecular weight excluding hydrogens is 342 g/mol. The zero-order valence-corrected chi connectivity index (χ0v) is 15.3. The summed E-state index contributed by atoms with van der Waals surface area (Å²) in [5.41, 5.74) is -0.462. The smallest absolute Gasteiger partial charge is 0.332 e. The van der Waals surface area contributed by atoms with Gasteiger partial charge in [0, 0.05) is 26.0 Å². The number of aromatic nitrogens is 4. The SMILES string of the molecule is CC(c1cccs1)N(C)C(=O)Cn1c(=O)c2c(ncn2C)n(C)c1=O. The number of aryl methyl sites for hydroxylation is 2. The molecule has 0 bridgehead atoms. The molecule has 8 nitrogen and oxygen atoms in total. The second kappa shape index (κ2) is 6.32. The van der Waals surface area contributed by atoms with Crippen molar-refractivity contribution in [3.63, 3.8) is 0 Å². The molecule has 0 spiro atoms. The van der Waals surface area contributed by atoms with Crippen LogP contribution in [0.2, 0.25) is 0 Å². The Kier molecular flexibility index (Phi) is 4.34. The van der Waals surface area contributed by atoms with E-state index >= 15 is 0 Å². The van der Waals surface area contributed by atoms with Crippen molar-refractivity contribution in [2.24, 2.45) is 14.1 Å². The Morgan fingerprint density at radius 2 is 2.08 bits per heavy atom. The third-order valence-electron chi connectivity index (χ3n) is 4.42. The van der Waals surface area contributed by atoms with Crippen LogP contribution in [0.3, 0.4) is 0 Å². The highest BCUT2D eigenvalue weighted by atomic mass is 32.1.